The first-order valence-corrected chi connectivity index (χ1v) is 7.83. The third kappa shape index (κ3) is 3.55. The molecule has 0 aliphatic carbocycles. The highest BCUT2D eigenvalue weighted by molar-refractivity contribution is 9.10. The van der Waals surface area contributed by atoms with Gasteiger partial charge in [0.1, 0.15) is 5.82 Å². The summed E-state index contributed by atoms with van der Waals surface area (Å²) >= 11 is 5.13. The molecule has 2 rings (SSSR count). The number of nitrogens with zero attached hydrogens (tertiary/aromatic N) is 2. The average molecular weight is 341 g/mol. The highest BCUT2D eigenvalue weighted by Gasteiger charge is 2.17. The zero-order valence-corrected chi connectivity index (χ0v) is 13.4. The summed E-state index contributed by atoms with van der Waals surface area (Å²) in [7, 11) is 0. The fourth-order valence-corrected chi connectivity index (χ4v) is 3.00. The molecule has 0 spiro atoms. The first kappa shape index (κ1) is 14.5. The number of aliphatic hydroxyl groups is 1. The molecule has 0 aromatic carbocycles. The summed E-state index contributed by atoms with van der Waals surface area (Å²) < 4.78 is 0.889. The highest BCUT2D eigenvalue weighted by Crippen LogP contribution is 2.26. The fraction of sp³-hybridized carbons (Fsp3) is 0.357. The molecule has 0 bridgehead atoms. The zero-order valence-electron chi connectivity index (χ0n) is 11.0. The molecule has 2 heterocycles. The minimum absolute atomic E-state index is 0.00453. The quantitative estimate of drug-likeness (QED) is 0.898. The van der Waals surface area contributed by atoms with Gasteiger partial charge in [0.25, 0.3) is 0 Å². The molecule has 0 radical (unpaired) electrons. The molecule has 0 amide bonds. The number of halogens is 1. The van der Waals surface area contributed by atoms with Crippen molar-refractivity contribution in [3.63, 3.8) is 0 Å². The van der Waals surface area contributed by atoms with E-state index in [9.17, 15) is 5.11 Å². The Bertz CT molecular complexity index is 528. The number of aromatic nitrogens is 1. The zero-order chi connectivity index (χ0) is 13.8. The lowest BCUT2D eigenvalue weighted by molar-refractivity contribution is 0.281. The van der Waals surface area contributed by atoms with Crippen LogP contribution in [-0.2, 0) is 13.2 Å². The molecule has 0 saturated carbocycles. The topological polar surface area (TPSA) is 36.4 Å². The maximum Gasteiger partial charge on any atom is 0.134 e. The lowest BCUT2D eigenvalue weighted by atomic mass is 10.2. The molecule has 5 heteroatoms. The van der Waals surface area contributed by atoms with Gasteiger partial charge in [-0.2, -0.15) is 0 Å². The standard InChI is InChI=1S/C14H17BrN2OS/c1-10(2)17(8-13-4-3-5-19-13)14-11(9-18)6-12(15)7-16-14/h3-7,10,18H,8-9H2,1-2H3. The predicted molar refractivity (Wildman–Crippen MR) is 83.5 cm³/mol. The van der Waals surface area contributed by atoms with Crippen molar-refractivity contribution in [2.75, 3.05) is 4.90 Å². The molecule has 0 fully saturated rings. The Labute approximate surface area is 126 Å². The van der Waals surface area contributed by atoms with Crippen molar-refractivity contribution in [1.82, 2.24) is 4.98 Å². The summed E-state index contributed by atoms with van der Waals surface area (Å²) in [5, 5.41) is 11.6. The molecule has 2 aromatic heterocycles. The van der Waals surface area contributed by atoms with E-state index < -0.39 is 0 Å². The highest BCUT2D eigenvalue weighted by atomic mass is 79.9. The van der Waals surface area contributed by atoms with Crippen LogP contribution in [0.5, 0.6) is 0 Å². The van der Waals surface area contributed by atoms with Crippen LogP contribution in [0.25, 0.3) is 0 Å². The Hall–Kier alpha value is -0.910. The lowest BCUT2D eigenvalue weighted by Crippen LogP contribution is -2.31. The van der Waals surface area contributed by atoms with Crippen LogP contribution in [0.15, 0.2) is 34.2 Å². The molecule has 0 saturated heterocycles. The van der Waals surface area contributed by atoms with E-state index in [2.05, 4.69) is 57.2 Å². The first-order valence-electron chi connectivity index (χ1n) is 6.16. The summed E-state index contributed by atoms with van der Waals surface area (Å²) in [6, 6.07) is 6.42. The van der Waals surface area contributed by atoms with Crippen LogP contribution in [0.4, 0.5) is 5.82 Å². The molecule has 0 aliphatic heterocycles. The molecule has 19 heavy (non-hydrogen) atoms. The maximum atomic E-state index is 9.51. The maximum absolute atomic E-state index is 9.51. The summed E-state index contributed by atoms with van der Waals surface area (Å²) in [6.45, 7) is 5.09. The number of thiophene rings is 1. The van der Waals surface area contributed by atoms with Gasteiger partial charge >= 0.3 is 0 Å². The molecule has 0 unspecified atom stereocenters. The van der Waals surface area contributed by atoms with E-state index in [-0.39, 0.29) is 6.61 Å². The molecular formula is C14H17BrN2OS. The summed E-state index contributed by atoms with van der Waals surface area (Å²) in [4.78, 5) is 7.98. The predicted octanol–water partition coefficient (Wildman–Crippen LogP) is 3.81. The molecule has 0 aliphatic rings. The Balaban J connectivity index is 2.33. The van der Waals surface area contributed by atoms with Gasteiger partial charge in [0.2, 0.25) is 0 Å². The van der Waals surface area contributed by atoms with Crippen LogP contribution < -0.4 is 4.90 Å². The molecule has 1 N–H and O–H groups in total. The van der Waals surface area contributed by atoms with Gasteiger partial charge in [-0.3, -0.25) is 0 Å². The number of hydrogen-bond donors (Lipinski definition) is 1. The smallest absolute Gasteiger partial charge is 0.134 e. The van der Waals surface area contributed by atoms with Crippen LogP contribution in [0.1, 0.15) is 24.3 Å². The monoisotopic (exact) mass is 340 g/mol. The Kier molecular flexibility index (Phi) is 4.96. The van der Waals surface area contributed by atoms with Crippen molar-refractivity contribution in [1.29, 1.82) is 0 Å². The lowest BCUT2D eigenvalue weighted by Gasteiger charge is -2.29. The van der Waals surface area contributed by atoms with E-state index in [0.29, 0.717) is 6.04 Å². The minimum atomic E-state index is -0.00453. The number of anilines is 1. The second-order valence-electron chi connectivity index (χ2n) is 4.60. The van der Waals surface area contributed by atoms with Gasteiger partial charge in [0.15, 0.2) is 0 Å². The van der Waals surface area contributed by atoms with E-state index in [1.165, 1.54) is 4.88 Å². The second kappa shape index (κ2) is 6.50. The van der Waals surface area contributed by atoms with E-state index >= 15 is 0 Å². The van der Waals surface area contributed by atoms with Crippen molar-refractivity contribution in [3.05, 3.63) is 44.7 Å². The Morgan fingerprint density at radius 3 is 2.84 bits per heavy atom. The van der Waals surface area contributed by atoms with Crippen molar-refractivity contribution < 1.29 is 5.11 Å². The van der Waals surface area contributed by atoms with Gasteiger partial charge in [-0.25, -0.2) is 4.98 Å². The number of pyridine rings is 1. The summed E-state index contributed by atoms with van der Waals surface area (Å²) in [5.41, 5.74) is 0.847. The van der Waals surface area contributed by atoms with E-state index in [1.807, 2.05) is 6.07 Å². The van der Waals surface area contributed by atoms with Crippen molar-refractivity contribution in [3.8, 4) is 0 Å². The summed E-state index contributed by atoms with van der Waals surface area (Å²) in [5.74, 6) is 0.856. The molecule has 102 valence electrons. The van der Waals surface area contributed by atoms with E-state index in [4.69, 9.17) is 0 Å². The van der Waals surface area contributed by atoms with Gasteiger partial charge in [0, 0.05) is 27.2 Å². The Morgan fingerprint density at radius 2 is 2.26 bits per heavy atom. The molecule has 0 atom stereocenters. The van der Waals surface area contributed by atoms with Crippen LogP contribution in [-0.4, -0.2) is 16.1 Å². The molecule has 3 nitrogen and oxygen atoms in total. The van der Waals surface area contributed by atoms with Crippen LogP contribution in [0, 0.1) is 0 Å². The van der Waals surface area contributed by atoms with E-state index in [0.717, 1.165) is 22.4 Å². The van der Waals surface area contributed by atoms with Gasteiger partial charge in [-0.1, -0.05) is 6.07 Å². The molecular weight excluding hydrogens is 324 g/mol. The number of aliphatic hydroxyl groups excluding tert-OH is 1. The van der Waals surface area contributed by atoms with Crippen LogP contribution >= 0.6 is 27.3 Å². The largest absolute Gasteiger partial charge is 0.392 e. The van der Waals surface area contributed by atoms with Gasteiger partial charge in [-0.05, 0) is 47.3 Å². The first-order chi connectivity index (χ1) is 9.11. The summed E-state index contributed by atoms with van der Waals surface area (Å²) in [6.07, 6.45) is 1.78. The minimum Gasteiger partial charge on any atom is -0.392 e. The van der Waals surface area contributed by atoms with Crippen molar-refractivity contribution in [2.24, 2.45) is 0 Å². The number of rotatable bonds is 5. The van der Waals surface area contributed by atoms with E-state index in [1.54, 1.807) is 17.5 Å². The second-order valence-corrected chi connectivity index (χ2v) is 6.54. The SMILES string of the molecule is CC(C)N(Cc1cccs1)c1ncc(Br)cc1CO. The van der Waals surface area contributed by atoms with Crippen LogP contribution in [0.2, 0.25) is 0 Å². The van der Waals surface area contributed by atoms with Gasteiger partial charge < -0.3 is 10.0 Å². The van der Waals surface area contributed by atoms with Crippen molar-refractivity contribution >= 4 is 33.1 Å². The Morgan fingerprint density at radius 1 is 1.47 bits per heavy atom. The normalized spacial score (nSPS) is 11.0. The fourth-order valence-electron chi connectivity index (χ4n) is 1.92. The van der Waals surface area contributed by atoms with Gasteiger partial charge in [-0.15, -0.1) is 11.3 Å². The van der Waals surface area contributed by atoms with Gasteiger partial charge in [0.05, 0.1) is 13.2 Å². The molecule has 2 aromatic rings. The number of hydrogen-bond acceptors (Lipinski definition) is 4. The van der Waals surface area contributed by atoms with Crippen LogP contribution in [0.3, 0.4) is 0 Å². The average Bonchev–Trinajstić information content (AvgIpc) is 2.89. The third-order valence-corrected chi connectivity index (χ3v) is 4.18. The third-order valence-electron chi connectivity index (χ3n) is 2.88. The van der Waals surface area contributed by atoms with Crippen molar-refractivity contribution in [2.45, 2.75) is 33.0 Å².